The number of amides is 1. The Balaban J connectivity index is 1.46. The normalized spacial score (nSPS) is 14.7. The number of nitrogens with one attached hydrogen (secondary N) is 1. The topological polar surface area (TPSA) is 80.2 Å². The molecule has 3 aromatic rings. The van der Waals surface area contributed by atoms with Gasteiger partial charge in [-0.25, -0.2) is 14.5 Å². The van der Waals surface area contributed by atoms with Crippen LogP contribution in [0.15, 0.2) is 53.3 Å². The smallest absolute Gasteiger partial charge is 0.347 e. The van der Waals surface area contributed by atoms with Crippen molar-refractivity contribution >= 4 is 5.91 Å². The number of hydrogen-bond donors (Lipinski definition) is 1. The molecule has 1 aliphatic rings. The van der Waals surface area contributed by atoms with Crippen LogP contribution < -0.4 is 10.4 Å². The number of rotatable bonds is 5. The number of aromatic amines is 1. The molecule has 1 fully saturated rings. The van der Waals surface area contributed by atoms with Crippen molar-refractivity contribution in [2.45, 2.75) is 32.6 Å². The van der Waals surface area contributed by atoms with Crippen LogP contribution in [0.2, 0.25) is 0 Å². The first-order valence-electron chi connectivity index (χ1n) is 10.3. The van der Waals surface area contributed by atoms with E-state index in [0.717, 1.165) is 35.7 Å². The van der Waals surface area contributed by atoms with E-state index in [1.54, 1.807) is 4.57 Å². The van der Waals surface area contributed by atoms with Crippen LogP contribution in [0.25, 0.3) is 5.69 Å². The second-order valence-corrected chi connectivity index (χ2v) is 7.58. The van der Waals surface area contributed by atoms with Gasteiger partial charge in [0.1, 0.15) is 11.6 Å². The average molecular weight is 406 g/mol. The lowest BCUT2D eigenvalue weighted by Crippen LogP contribution is -2.38. The van der Waals surface area contributed by atoms with Crippen molar-refractivity contribution in [1.82, 2.24) is 19.7 Å². The molecule has 0 aliphatic carbocycles. The van der Waals surface area contributed by atoms with Crippen molar-refractivity contribution in [3.8, 4) is 11.4 Å². The van der Waals surface area contributed by atoms with Gasteiger partial charge in [0.25, 0.3) is 5.91 Å². The summed E-state index contributed by atoms with van der Waals surface area (Å²) in [5.74, 6) is 1.64. The highest BCUT2D eigenvalue weighted by molar-refractivity contribution is 5.94. The third-order valence-corrected chi connectivity index (χ3v) is 5.55. The number of likely N-dealkylation sites (tertiary alicyclic amines) is 1. The van der Waals surface area contributed by atoms with Gasteiger partial charge >= 0.3 is 5.69 Å². The zero-order chi connectivity index (χ0) is 21.1. The van der Waals surface area contributed by atoms with Gasteiger partial charge in [0.05, 0.1) is 12.3 Å². The number of aryl methyl sites for hydroxylation is 1. The number of carbonyl (C=O) groups excluding carboxylic acids is 1. The Morgan fingerprint density at radius 2 is 1.77 bits per heavy atom. The van der Waals surface area contributed by atoms with Crippen molar-refractivity contribution in [1.29, 1.82) is 0 Å². The van der Waals surface area contributed by atoms with E-state index in [9.17, 15) is 9.59 Å². The zero-order valence-electron chi connectivity index (χ0n) is 17.3. The van der Waals surface area contributed by atoms with E-state index in [4.69, 9.17) is 4.74 Å². The zero-order valence-corrected chi connectivity index (χ0v) is 17.3. The van der Waals surface area contributed by atoms with Gasteiger partial charge in [-0.3, -0.25) is 4.79 Å². The fourth-order valence-electron chi connectivity index (χ4n) is 3.91. The third kappa shape index (κ3) is 4.01. The molecule has 2 heterocycles. The molecule has 1 N–H and O–H groups in total. The fraction of sp³-hybridized carbons (Fsp3) is 0.348. The van der Waals surface area contributed by atoms with Crippen LogP contribution in [0, 0.1) is 6.92 Å². The van der Waals surface area contributed by atoms with E-state index in [0.29, 0.717) is 25.3 Å². The monoisotopic (exact) mass is 406 g/mol. The van der Waals surface area contributed by atoms with Crippen LogP contribution in [0.4, 0.5) is 0 Å². The Morgan fingerprint density at radius 3 is 2.40 bits per heavy atom. The van der Waals surface area contributed by atoms with Crippen LogP contribution in [0.5, 0.6) is 5.75 Å². The highest BCUT2D eigenvalue weighted by Gasteiger charge is 2.28. The molecule has 0 atom stereocenters. The number of benzene rings is 2. The summed E-state index contributed by atoms with van der Waals surface area (Å²) in [5.41, 5.74) is 2.37. The molecule has 4 rings (SSSR count). The SMILES string of the molecule is CCOc1ccc(C(=O)N2CCC(c3n[nH]c(=O)n3-c3ccc(C)cc3)CC2)cc1. The van der Waals surface area contributed by atoms with Crippen molar-refractivity contribution in [2.75, 3.05) is 19.7 Å². The molecule has 0 unspecified atom stereocenters. The molecule has 0 spiro atoms. The molecule has 0 radical (unpaired) electrons. The maximum absolute atomic E-state index is 12.8. The maximum Gasteiger partial charge on any atom is 0.347 e. The molecule has 0 saturated carbocycles. The fourth-order valence-corrected chi connectivity index (χ4v) is 3.91. The average Bonchev–Trinajstić information content (AvgIpc) is 3.16. The van der Waals surface area contributed by atoms with E-state index in [2.05, 4.69) is 10.2 Å². The summed E-state index contributed by atoms with van der Waals surface area (Å²) in [6.45, 7) is 5.81. The lowest BCUT2D eigenvalue weighted by Gasteiger charge is -2.31. The standard InChI is InChI=1S/C23H26N4O3/c1-3-30-20-10-6-18(7-11-20)22(28)26-14-12-17(13-15-26)21-24-25-23(29)27(21)19-8-4-16(2)5-9-19/h4-11,17H,3,12-15H2,1-2H3,(H,25,29). The second-order valence-electron chi connectivity index (χ2n) is 7.58. The lowest BCUT2D eigenvalue weighted by molar-refractivity contribution is 0.0710. The molecule has 2 aromatic carbocycles. The van der Waals surface area contributed by atoms with Gasteiger partial charge in [-0.1, -0.05) is 17.7 Å². The summed E-state index contributed by atoms with van der Waals surface area (Å²) >= 11 is 0. The Morgan fingerprint density at radius 1 is 1.10 bits per heavy atom. The molecular formula is C23H26N4O3. The highest BCUT2D eigenvalue weighted by atomic mass is 16.5. The summed E-state index contributed by atoms with van der Waals surface area (Å²) in [7, 11) is 0. The van der Waals surface area contributed by atoms with Gasteiger partial charge in [0.15, 0.2) is 0 Å². The third-order valence-electron chi connectivity index (χ3n) is 5.55. The van der Waals surface area contributed by atoms with Gasteiger partial charge in [-0.2, -0.15) is 5.10 Å². The van der Waals surface area contributed by atoms with E-state index in [1.165, 1.54) is 0 Å². The molecule has 1 aliphatic heterocycles. The Kier molecular flexibility index (Phi) is 5.70. The van der Waals surface area contributed by atoms with Crippen molar-refractivity contribution < 1.29 is 9.53 Å². The Labute approximate surface area is 175 Å². The summed E-state index contributed by atoms with van der Waals surface area (Å²) in [5, 5.41) is 6.89. The number of piperidine rings is 1. The molecule has 1 aromatic heterocycles. The van der Waals surface area contributed by atoms with Gasteiger partial charge in [-0.05, 0) is 63.1 Å². The number of aromatic nitrogens is 3. The maximum atomic E-state index is 12.8. The van der Waals surface area contributed by atoms with E-state index < -0.39 is 0 Å². The molecule has 30 heavy (non-hydrogen) atoms. The largest absolute Gasteiger partial charge is 0.494 e. The summed E-state index contributed by atoms with van der Waals surface area (Å²) in [6, 6.07) is 15.1. The van der Waals surface area contributed by atoms with E-state index >= 15 is 0 Å². The second kappa shape index (κ2) is 8.57. The minimum atomic E-state index is -0.234. The van der Waals surface area contributed by atoms with Gasteiger partial charge < -0.3 is 9.64 Å². The molecule has 1 saturated heterocycles. The van der Waals surface area contributed by atoms with E-state index in [-0.39, 0.29) is 17.5 Å². The number of carbonyl (C=O) groups is 1. The first-order valence-corrected chi connectivity index (χ1v) is 10.3. The predicted octanol–water partition coefficient (Wildman–Crippen LogP) is 3.29. The van der Waals surface area contributed by atoms with Crippen LogP contribution in [0.3, 0.4) is 0 Å². The number of nitrogens with zero attached hydrogens (tertiary/aromatic N) is 3. The summed E-state index contributed by atoms with van der Waals surface area (Å²) in [6.07, 6.45) is 1.53. The van der Waals surface area contributed by atoms with Gasteiger partial charge in [0.2, 0.25) is 0 Å². The number of ether oxygens (including phenoxy) is 1. The quantitative estimate of drug-likeness (QED) is 0.705. The predicted molar refractivity (Wildman–Crippen MR) is 114 cm³/mol. The molecule has 1 amide bonds. The van der Waals surface area contributed by atoms with Gasteiger partial charge in [0, 0.05) is 24.6 Å². The van der Waals surface area contributed by atoms with Crippen LogP contribution >= 0.6 is 0 Å². The van der Waals surface area contributed by atoms with Crippen LogP contribution in [-0.2, 0) is 0 Å². The van der Waals surface area contributed by atoms with Crippen molar-refractivity contribution in [2.24, 2.45) is 0 Å². The first-order chi connectivity index (χ1) is 14.6. The Bertz CT molecular complexity index is 1060. The lowest BCUT2D eigenvalue weighted by atomic mass is 9.95. The minimum Gasteiger partial charge on any atom is -0.494 e. The summed E-state index contributed by atoms with van der Waals surface area (Å²) < 4.78 is 7.09. The number of hydrogen-bond acceptors (Lipinski definition) is 4. The van der Waals surface area contributed by atoms with Crippen molar-refractivity contribution in [3.63, 3.8) is 0 Å². The molecular weight excluding hydrogens is 380 g/mol. The molecule has 0 bridgehead atoms. The van der Waals surface area contributed by atoms with Crippen molar-refractivity contribution in [3.05, 3.63) is 76.0 Å². The molecule has 7 nitrogen and oxygen atoms in total. The molecule has 7 heteroatoms. The molecule has 156 valence electrons. The highest BCUT2D eigenvalue weighted by Crippen LogP contribution is 2.28. The minimum absolute atomic E-state index is 0.0226. The van der Waals surface area contributed by atoms with Crippen LogP contribution in [-0.4, -0.2) is 45.3 Å². The number of H-pyrrole nitrogens is 1. The first kappa shape index (κ1) is 19.9. The van der Waals surface area contributed by atoms with E-state index in [1.807, 2.05) is 67.3 Å². The van der Waals surface area contributed by atoms with Crippen LogP contribution in [0.1, 0.15) is 47.4 Å². The van der Waals surface area contributed by atoms with Gasteiger partial charge in [-0.15, -0.1) is 0 Å². The Hall–Kier alpha value is -3.35. The summed E-state index contributed by atoms with van der Waals surface area (Å²) in [4.78, 5) is 27.1.